The Morgan fingerprint density at radius 2 is 2.00 bits per heavy atom. The third kappa shape index (κ3) is 6.36. The molecule has 0 bridgehead atoms. The first-order chi connectivity index (χ1) is 8.45. The van der Waals surface area contributed by atoms with Gasteiger partial charge in [0.2, 0.25) is 0 Å². The van der Waals surface area contributed by atoms with Crippen LogP contribution in [0.5, 0.6) is 0 Å². The van der Waals surface area contributed by atoms with Crippen LogP contribution in [0.2, 0.25) is 0 Å². The van der Waals surface area contributed by atoms with Crippen molar-refractivity contribution in [3.63, 3.8) is 0 Å². The molecule has 0 aromatic carbocycles. The van der Waals surface area contributed by atoms with Crippen molar-refractivity contribution in [3.8, 4) is 0 Å². The van der Waals surface area contributed by atoms with Gasteiger partial charge in [-0.25, -0.2) is 0 Å². The summed E-state index contributed by atoms with van der Waals surface area (Å²) < 4.78 is 5.60. The minimum atomic E-state index is 0.899. The lowest BCUT2D eigenvalue weighted by Gasteiger charge is -2.27. The molecule has 1 saturated heterocycles. The van der Waals surface area contributed by atoms with Crippen LogP contribution in [-0.4, -0.2) is 63.9 Å². The lowest BCUT2D eigenvalue weighted by molar-refractivity contribution is 0.122. The van der Waals surface area contributed by atoms with Crippen LogP contribution < -0.4 is 10.6 Å². The van der Waals surface area contributed by atoms with E-state index in [1.54, 1.807) is 0 Å². The zero-order chi connectivity index (χ0) is 11.8. The van der Waals surface area contributed by atoms with Crippen molar-refractivity contribution in [3.05, 3.63) is 0 Å². The highest BCUT2D eigenvalue weighted by Crippen LogP contribution is 2.28. The van der Waals surface area contributed by atoms with Crippen LogP contribution in [0.4, 0.5) is 0 Å². The van der Waals surface area contributed by atoms with Gasteiger partial charge in [0.15, 0.2) is 0 Å². The van der Waals surface area contributed by atoms with E-state index in [1.165, 1.54) is 32.5 Å². The van der Waals surface area contributed by atoms with Crippen LogP contribution in [0.15, 0.2) is 0 Å². The second kappa shape index (κ2) is 8.03. The maximum Gasteiger partial charge on any atom is 0.0494 e. The molecule has 2 aliphatic rings. The van der Waals surface area contributed by atoms with Gasteiger partial charge in [-0.1, -0.05) is 0 Å². The summed E-state index contributed by atoms with van der Waals surface area (Å²) >= 11 is 0. The van der Waals surface area contributed by atoms with Gasteiger partial charge in [-0.05, 0) is 31.7 Å². The Morgan fingerprint density at radius 1 is 1.18 bits per heavy atom. The number of ether oxygens (including phenoxy) is 1. The fourth-order valence-electron chi connectivity index (χ4n) is 2.13. The second-order valence-corrected chi connectivity index (χ2v) is 5.21. The highest BCUT2D eigenvalue weighted by Gasteiger charge is 2.20. The van der Waals surface area contributed by atoms with Gasteiger partial charge in [-0.15, -0.1) is 0 Å². The lowest BCUT2D eigenvalue weighted by Crippen LogP contribution is -2.45. The zero-order valence-electron chi connectivity index (χ0n) is 10.9. The molecule has 1 aliphatic carbocycles. The molecule has 0 unspecified atom stereocenters. The van der Waals surface area contributed by atoms with E-state index in [2.05, 4.69) is 15.5 Å². The predicted molar refractivity (Wildman–Crippen MR) is 70.3 cm³/mol. The zero-order valence-corrected chi connectivity index (χ0v) is 10.9. The Hall–Kier alpha value is -0.160. The monoisotopic (exact) mass is 241 g/mol. The van der Waals surface area contributed by atoms with Crippen LogP contribution in [-0.2, 0) is 4.74 Å². The molecule has 1 saturated carbocycles. The average Bonchev–Trinajstić information content (AvgIpc) is 3.18. The van der Waals surface area contributed by atoms with Gasteiger partial charge in [0, 0.05) is 52.5 Å². The molecule has 0 aromatic rings. The number of nitrogens with zero attached hydrogens (tertiary/aromatic N) is 1. The molecule has 4 heteroatoms. The maximum absolute atomic E-state index is 5.60. The topological polar surface area (TPSA) is 36.5 Å². The van der Waals surface area contributed by atoms with E-state index in [0.717, 1.165) is 51.7 Å². The fraction of sp³-hybridized carbons (Fsp3) is 1.00. The molecule has 2 rings (SSSR count). The highest BCUT2D eigenvalue weighted by atomic mass is 16.5. The summed E-state index contributed by atoms with van der Waals surface area (Å²) in [6.45, 7) is 10.0. The minimum Gasteiger partial charge on any atom is -0.381 e. The van der Waals surface area contributed by atoms with Crippen molar-refractivity contribution in [2.75, 3.05) is 59.0 Å². The van der Waals surface area contributed by atoms with E-state index in [0.29, 0.717) is 0 Å². The molecule has 0 atom stereocenters. The van der Waals surface area contributed by atoms with Crippen LogP contribution in [0.3, 0.4) is 0 Å². The molecule has 0 radical (unpaired) electrons. The summed E-state index contributed by atoms with van der Waals surface area (Å²) in [5.41, 5.74) is 0. The van der Waals surface area contributed by atoms with Gasteiger partial charge in [0.1, 0.15) is 0 Å². The molecule has 0 amide bonds. The Kier molecular flexibility index (Phi) is 6.27. The van der Waals surface area contributed by atoms with Crippen molar-refractivity contribution in [1.82, 2.24) is 15.5 Å². The Morgan fingerprint density at radius 3 is 2.76 bits per heavy atom. The van der Waals surface area contributed by atoms with Crippen LogP contribution in [0.1, 0.15) is 19.3 Å². The van der Waals surface area contributed by atoms with E-state index >= 15 is 0 Å². The molecular weight excluding hydrogens is 214 g/mol. The molecule has 100 valence electrons. The van der Waals surface area contributed by atoms with E-state index < -0.39 is 0 Å². The lowest BCUT2D eigenvalue weighted by atomic mass is 10.3. The van der Waals surface area contributed by atoms with Gasteiger partial charge in [0.05, 0.1) is 0 Å². The number of piperazine rings is 1. The maximum atomic E-state index is 5.60. The van der Waals surface area contributed by atoms with Gasteiger partial charge in [-0.3, -0.25) is 4.90 Å². The quantitative estimate of drug-likeness (QED) is 0.569. The number of hydrogen-bond acceptors (Lipinski definition) is 4. The third-order valence-corrected chi connectivity index (χ3v) is 3.51. The van der Waals surface area contributed by atoms with E-state index in [1.807, 2.05) is 0 Å². The number of hydrogen-bond donors (Lipinski definition) is 2. The van der Waals surface area contributed by atoms with Crippen molar-refractivity contribution in [2.45, 2.75) is 19.3 Å². The molecule has 2 fully saturated rings. The predicted octanol–water partition coefficient (Wildman–Crippen LogP) is 0.298. The Bertz CT molecular complexity index is 191. The van der Waals surface area contributed by atoms with Crippen LogP contribution in [0.25, 0.3) is 0 Å². The van der Waals surface area contributed by atoms with Crippen molar-refractivity contribution >= 4 is 0 Å². The molecule has 0 aromatic heterocycles. The van der Waals surface area contributed by atoms with Gasteiger partial charge >= 0.3 is 0 Å². The van der Waals surface area contributed by atoms with E-state index in [4.69, 9.17) is 4.74 Å². The molecule has 1 aliphatic heterocycles. The molecule has 17 heavy (non-hydrogen) atoms. The standard InChI is InChI=1S/C13H27N3O/c1(11-17-12-13-2-3-13)4-14-5-8-16-9-6-15-7-10-16/h13-15H,1-12H2. The third-order valence-electron chi connectivity index (χ3n) is 3.51. The highest BCUT2D eigenvalue weighted by molar-refractivity contribution is 4.72. The Balaban J connectivity index is 1.31. The SMILES string of the molecule is C(CNCCN1CCNCC1)COCC1CC1. The summed E-state index contributed by atoms with van der Waals surface area (Å²) in [4.78, 5) is 2.52. The molecule has 1 heterocycles. The molecule has 4 nitrogen and oxygen atoms in total. The van der Waals surface area contributed by atoms with E-state index in [9.17, 15) is 0 Å². The largest absolute Gasteiger partial charge is 0.381 e. The normalized spacial score (nSPS) is 21.9. The summed E-state index contributed by atoms with van der Waals surface area (Å²) in [6.07, 6.45) is 3.93. The summed E-state index contributed by atoms with van der Waals surface area (Å²) in [6, 6.07) is 0. The van der Waals surface area contributed by atoms with Crippen molar-refractivity contribution < 1.29 is 4.74 Å². The van der Waals surface area contributed by atoms with Crippen molar-refractivity contribution in [1.29, 1.82) is 0 Å². The molecule has 2 N–H and O–H groups in total. The summed E-state index contributed by atoms with van der Waals surface area (Å²) in [5.74, 6) is 0.899. The van der Waals surface area contributed by atoms with Crippen molar-refractivity contribution in [2.24, 2.45) is 5.92 Å². The number of nitrogens with one attached hydrogen (secondary N) is 2. The molecule has 0 spiro atoms. The fourth-order valence-corrected chi connectivity index (χ4v) is 2.13. The summed E-state index contributed by atoms with van der Waals surface area (Å²) in [5, 5.41) is 6.87. The van der Waals surface area contributed by atoms with E-state index in [-0.39, 0.29) is 0 Å². The Labute approximate surface area is 105 Å². The first-order valence-electron chi connectivity index (χ1n) is 7.16. The van der Waals surface area contributed by atoms with Gasteiger partial charge < -0.3 is 15.4 Å². The van der Waals surface area contributed by atoms with Gasteiger partial charge in [0.25, 0.3) is 0 Å². The molecular formula is C13H27N3O. The summed E-state index contributed by atoms with van der Waals surface area (Å²) in [7, 11) is 0. The number of rotatable bonds is 9. The average molecular weight is 241 g/mol. The smallest absolute Gasteiger partial charge is 0.0494 e. The second-order valence-electron chi connectivity index (χ2n) is 5.21. The van der Waals surface area contributed by atoms with Crippen LogP contribution >= 0.6 is 0 Å². The van der Waals surface area contributed by atoms with Crippen LogP contribution in [0, 0.1) is 5.92 Å². The minimum absolute atomic E-state index is 0.899. The first-order valence-corrected chi connectivity index (χ1v) is 7.16. The van der Waals surface area contributed by atoms with Gasteiger partial charge in [-0.2, -0.15) is 0 Å². The first kappa shape index (κ1) is 13.3.